The maximum Gasteiger partial charge on any atom is 0.189 e. The van der Waals surface area contributed by atoms with Gasteiger partial charge in [0.2, 0.25) is 0 Å². The number of carbonyl (C=O) groups is 2. The minimum Gasteiger partial charge on any atom is -0.507 e. The maximum absolute atomic E-state index is 12.8. The molecule has 0 saturated carbocycles. The fourth-order valence-corrected chi connectivity index (χ4v) is 4.06. The van der Waals surface area contributed by atoms with Gasteiger partial charge < -0.3 is 20.0 Å². The van der Waals surface area contributed by atoms with E-state index in [1.807, 2.05) is 86.5 Å². The van der Waals surface area contributed by atoms with Crippen molar-refractivity contribution < 1.29 is 19.8 Å². The second-order valence-electron chi connectivity index (χ2n) is 9.39. The van der Waals surface area contributed by atoms with Gasteiger partial charge in [-0.15, -0.1) is 0 Å². The van der Waals surface area contributed by atoms with Gasteiger partial charge in [-0.3, -0.25) is 9.59 Å². The van der Waals surface area contributed by atoms with E-state index in [1.54, 1.807) is 12.2 Å². The summed E-state index contributed by atoms with van der Waals surface area (Å²) in [5, 5.41) is 22.2. The second kappa shape index (κ2) is 11.0. The third-order valence-electron chi connectivity index (χ3n) is 6.35. The summed E-state index contributed by atoms with van der Waals surface area (Å²) in [6.07, 6.45) is 6.18. The lowest BCUT2D eigenvalue weighted by atomic mass is 9.97. The molecule has 0 aliphatic carbocycles. The van der Waals surface area contributed by atoms with Gasteiger partial charge in [-0.2, -0.15) is 0 Å². The van der Waals surface area contributed by atoms with Crippen molar-refractivity contribution >= 4 is 45.9 Å². The van der Waals surface area contributed by atoms with E-state index >= 15 is 0 Å². The predicted octanol–water partition coefficient (Wildman–Crippen LogP) is 6.18. The van der Waals surface area contributed by atoms with E-state index in [-0.39, 0.29) is 45.0 Å². The number of nitrogens with zero attached hydrogens (tertiary/aromatic N) is 2. The van der Waals surface area contributed by atoms with Crippen molar-refractivity contribution in [2.45, 2.75) is 0 Å². The first-order chi connectivity index (χ1) is 18.2. The Kier molecular flexibility index (Phi) is 7.63. The minimum absolute atomic E-state index is 0.109. The molecule has 0 aliphatic heterocycles. The van der Waals surface area contributed by atoms with Gasteiger partial charge in [-0.05, 0) is 71.8 Å². The predicted molar refractivity (Wildman–Crippen MR) is 156 cm³/mol. The van der Waals surface area contributed by atoms with Crippen LogP contribution in [0.4, 0.5) is 11.4 Å². The Labute approximate surface area is 222 Å². The molecule has 0 aromatic heterocycles. The van der Waals surface area contributed by atoms with Crippen LogP contribution in [-0.2, 0) is 0 Å². The molecule has 192 valence electrons. The molecule has 0 atom stereocenters. The van der Waals surface area contributed by atoms with Gasteiger partial charge >= 0.3 is 0 Å². The van der Waals surface area contributed by atoms with Crippen LogP contribution in [0.1, 0.15) is 31.8 Å². The van der Waals surface area contributed by atoms with Gasteiger partial charge in [0.05, 0.1) is 11.1 Å². The summed E-state index contributed by atoms with van der Waals surface area (Å²) in [6.45, 7) is 0. The monoisotopic (exact) mass is 506 g/mol. The highest BCUT2D eigenvalue weighted by molar-refractivity contribution is 6.15. The molecule has 0 radical (unpaired) electrons. The van der Waals surface area contributed by atoms with Gasteiger partial charge in [0, 0.05) is 50.3 Å². The van der Waals surface area contributed by atoms with E-state index in [2.05, 4.69) is 0 Å². The topological polar surface area (TPSA) is 81.1 Å². The van der Waals surface area contributed by atoms with Crippen molar-refractivity contribution in [2.75, 3.05) is 38.0 Å². The number of allylic oxidation sites excluding steroid dienone is 2. The number of fused-ring (bicyclic) bond motifs is 1. The second-order valence-corrected chi connectivity index (χ2v) is 9.39. The van der Waals surface area contributed by atoms with Crippen LogP contribution in [0.15, 0.2) is 84.9 Å². The lowest BCUT2D eigenvalue weighted by molar-refractivity contribution is 0.103. The molecule has 6 nitrogen and oxygen atoms in total. The molecule has 0 spiro atoms. The molecule has 6 heteroatoms. The molecule has 4 rings (SSSR count). The Morgan fingerprint density at radius 3 is 1.21 bits per heavy atom. The van der Waals surface area contributed by atoms with E-state index in [0.29, 0.717) is 0 Å². The highest BCUT2D eigenvalue weighted by Crippen LogP contribution is 2.36. The summed E-state index contributed by atoms with van der Waals surface area (Å²) in [7, 11) is 7.82. The number of anilines is 2. The van der Waals surface area contributed by atoms with E-state index < -0.39 is 0 Å². The largest absolute Gasteiger partial charge is 0.507 e. The molecule has 0 saturated heterocycles. The van der Waals surface area contributed by atoms with Crippen LogP contribution in [0.2, 0.25) is 0 Å². The summed E-state index contributed by atoms with van der Waals surface area (Å²) < 4.78 is 0. The van der Waals surface area contributed by atoms with Crippen molar-refractivity contribution in [3.8, 4) is 11.5 Å². The highest BCUT2D eigenvalue weighted by atomic mass is 16.3. The van der Waals surface area contributed by atoms with Crippen LogP contribution < -0.4 is 9.80 Å². The molecule has 0 bridgehead atoms. The SMILES string of the molecule is CN(C)c1ccc(/C=C/C(=O)c2ccc3c(O)c(C(=O)/C=C/c4ccc(N(C)C)cc4)ccc3c2O)cc1. The molecule has 38 heavy (non-hydrogen) atoms. The van der Waals surface area contributed by atoms with Crippen molar-refractivity contribution in [3.63, 3.8) is 0 Å². The van der Waals surface area contributed by atoms with Crippen LogP contribution in [0.5, 0.6) is 11.5 Å². The fraction of sp³-hybridized carbons (Fsp3) is 0.125. The molecule has 0 unspecified atom stereocenters. The normalized spacial score (nSPS) is 11.4. The third kappa shape index (κ3) is 5.60. The zero-order chi connectivity index (χ0) is 27.4. The van der Waals surface area contributed by atoms with Crippen molar-refractivity contribution in [3.05, 3.63) is 107 Å². The van der Waals surface area contributed by atoms with Crippen LogP contribution >= 0.6 is 0 Å². The maximum atomic E-state index is 12.8. The van der Waals surface area contributed by atoms with Crippen LogP contribution in [0.3, 0.4) is 0 Å². The van der Waals surface area contributed by atoms with E-state index in [4.69, 9.17) is 0 Å². The van der Waals surface area contributed by atoms with Crippen molar-refractivity contribution in [1.29, 1.82) is 0 Å². The fourth-order valence-electron chi connectivity index (χ4n) is 4.06. The van der Waals surface area contributed by atoms with Gasteiger partial charge in [0.1, 0.15) is 11.5 Å². The molecule has 0 aliphatic rings. The Morgan fingerprint density at radius 1 is 0.553 bits per heavy atom. The summed E-state index contributed by atoms with van der Waals surface area (Å²) in [5.41, 5.74) is 4.02. The zero-order valence-electron chi connectivity index (χ0n) is 21.8. The Bertz CT molecular complexity index is 1430. The minimum atomic E-state index is -0.371. The van der Waals surface area contributed by atoms with Gasteiger partial charge in [0.15, 0.2) is 11.6 Å². The number of hydrogen-bond acceptors (Lipinski definition) is 6. The molecular weight excluding hydrogens is 476 g/mol. The average molecular weight is 507 g/mol. The first-order valence-electron chi connectivity index (χ1n) is 12.1. The van der Waals surface area contributed by atoms with Crippen molar-refractivity contribution in [2.24, 2.45) is 0 Å². The lowest BCUT2D eigenvalue weighted by Gasteiger charge is -2.12. The van der Waals surface area contributed by atoms with E-state index in [1.165, 1.54) is 36.4 Å². The van der Waals surface area contributed by atoms with Crippen LogP contribution in [-0.4, -0.2) is 50.0 Å². The lowest BCUT2D eigenvalue weighted by Crippen LogP contribution is -2.07. The number of hydrogen-bond donors (Lipinski definition) is 2. The molecule has 4 aromatic carbocycles. The quantitative estimate of drug-likeness (QED) is 0.220. The summed E-state index contributed by atoms with van der Waals surface area (Å²) >= 11 is 0. The molecule has 2 N–H and O–H groups in total. The van der Waals surface area contributed by atoms with Gasteiger partial charge in [-0.1, -0.05) is 36.4 Å². The third-order valence-corrected chi connectivity index (χ3v) is 6.35. The number of aromatic hydroxyl groups is 2. The summed E-state index contributed by atoms with van der Waals surface area (Å²) in [6, 6.07) is 21.4. The number of ketones is 2. The van der Waals surface area contributed by atoms with E-state index in [0.717, 1.165) is 22.5 Å². The highest BCUT2D eigenvalue weighted by Gasteiger charge is 2.17. The standard InChI is InChI=1S/C32H30N2O4/c1-33(2)23-11-5-21(6-12-23)9-19-29(35)27-17-15-26-25(31(27)37)16-18-28(32(26)38)30(36)20-10-22-7-13-24(14-8-22)34(3)4/h5-20,37-38H,1-4H3/b19-9+,20-10+. The first-order valence-corrected chi connectivity index (χ1v) is 12.1. The first kappa shape index (κ1) is 26.2. The smallest absolute Gasteiger partial charge is 0.189 e. The molecule has 4 aromatic rings. The Hall–Kier alpha value is -4.84. The number of carbonyl (C=O) groups excluding carboxylic acids is 2. The average Bonchev–Trinajstić information content (AvgIpc) is 2.91. The van der Waals surface area contributed by atoms with Crippen LogP contribution in [0.25, 0.3) is 22.9 Å². The summed E-state index contributed by atoms with van der Waals surface area (Å²) in [5.74, 6) is -1.23. The number of rotatable bonds is 8. The number of phenolic OH excluding ortho intramolecular Hbond substituents is 2. The van der Waals surface area contributed by atoms with Crippen LogP contribution in [0, 0.1) is 0 Å². The Balaban J connectivity index is 1.55. The Morgan fingerprint density at radius 2 is 0.895 bits per heavy atom. The molecule has 0 heterocycles. The van der Waals surface area contributed by atoms with Gasteiger partial charge in [0.25, 0.3) is 0 Å². The van der Waals surface area contributed by atoms with Crippen molar-refractivity contribution in [1.82, 2.24) is 0 Å². The number of benzene rings is 4. The zero-order valence-corrected chi connectivity index (χ0v) is 21.8. The van der Waals surface area contributed by atoms with E-state index in [9.17, 15) is 19.8 Å². The number of phenols is 2. The molecule has 0 fully saturated rings. The van der Waals surface area contributed by atoms with Gasteiger partial charge in [-0.25, -0.2) is 0 Å². The molecular formula is C32H30N2O4. The molecule has 0 amide bonds. The summed E-state index contributed by atoms with van der Waals surface area (Å²) in [4.78, 5) is 29.6.